The highest BCUT2D eigenvalue weighted by Gasteiger charge is 2.47. The molecule has 0 atom stereocenters. The highest BCUT2D eigenvalue weighted by atomic mass is 35.5. The van der Waals surface area contributed by atoms with E-state index in [2.05, 4.69) is 0 Å². The lowest BCUT2D eigenvalue weighted by atomic mass is 10.0. The van der Waals surface area contributed by atoms with Gasteiger partial charge in [-0.25, -0.2) is 0 Å². The van der Waals surface area contributed by atoms with Crippen molar-refractivity contribution in [2.75, 3.05) is 0 Å². The van der Waals surface area contributed by atoms with Gasteiger partial charge in [0.05, 0.1) is 0 Å². The van der Waals surface area contributed by atoms with Crippen LogP contribution in [0.3, 0.4) is 0 Å². The minimum absolute atomic E-state index is 0.452. The number of hydrogen-bond acceptors (Lipinski definition) is 1. The van der Waals surface area contributed by atoms with E-state index in [1.807, 2.05) is 0 Å². The van der Waals surface area contributed by atoms with Crippen LogP contribution in [0.5, 0.6) is 0 Å². The van der Waals surface area contributed by atoms with Gasteiger partial charge in [-0.05, 0) is 31.1 Å². The molecule has 0 aliphatic heterocycles. The quantitative estimate of drug-likeness (QED) is 0.533. The second-order valence-electron chi connectivity index (χ2n) is 3.40. The zero-order valence-electron chi connectivity index (χ0n) is 5.69. The molecule has 0 heterocycles. The number of halogens is 1. The molecular weight excluding hydrogens is 148 g/mol. The highest BCUT2D eigenvalue weighted by molar-refractivity contribution is 6.31. The molecule has 1 spiro atoms. The predicted octanol–water partition coefficient (Wildman–Crippen LogP) is 2.25. The van der Waals surface area contributed by atoms with Gasteiger partial charge in [0.2, 0.25) is 0 Å². The molecule has 0 amide bonds. The molecule has 0 aromatic rings. The summed E-state index contributed by atoms with van der Waals surface area (Å²) in [4.78, 5) is 10.4. The molecule has 2 heteroatoms. The van der Waals surface area contributed by atoms with Gasteiger partial charge in [0.25, 0.3) is 0 Å². The van der Waals surface area contributed by atoms with Crippen molar-refractivity contribution in [3.63, 3.8) is 0 Å². The Hall–Kier alpha value is -0.300. The average molecular weight is 157 g/mol. The van der Waals surface area contributed by atoms with E-state index < -0.39 is 0 Å². The van der Waals surface area contributed by atoms with E-state index in [1.165, 1.54) is 12.8 Å². The van der Waals surface area contributed by atoms with Crippen molar-refractivity contribution in [3.05, 3.63) is 10.6 Å². The Balaban J connectivity index is 2.19. The van der Waals surface area contributed by atoms with Gasteiger partial charge in [0.1, 0.15) is 6.29 Å². The molecular formula is C8H9ClO. The summed E-state index contributed by atoms with van der Waals surface area (Å²) in [5, 5.41) is 0.813. The number of rotatable bonds is 1. The summed E-state index contributed by atoms with van der Waals surface area (Å²) in [5.74, 6) is 0. The highest BCUT2D eigenvalue weighted by Crippen LogP contribution is 2.59. The van der Waals surface area contributed by atoms with Gasteiger partial charge >= 0.3 is 0 Å². The molecule has 1 saturated carbocycles. The molecule has 0 radical (unpaired) electrons. The van der Waals surface area contributed by atoms with Crippen molar-refractivity contribution in [3.8, 4) is 0 Å². The number of carbonyl (C=O) groups is 1. The van der Waals surface area contributed by atoms with Crippen LogP contribution in [0.4, 0.5) is 0 Å². The lowest BCUT2D eigenvalue weighted by Gasteiger charge is -2.00. The van der Waals surface area contributed by atoms with E-state index in [-0.39, 0.29) is 0 Å². The smallest absolute Gasteiger partial charge is 0.147 e. The lowest BCUT2D eigenvalue weighted by Crippen LogP contribution is -1.91. The number of hydrogen-bond donors (Lipinski definition) is 0. The van der Waals surface area contributed by atoms with Crippen LogP contribution in [-0.2, 0) is 4.79 Å². The minimum Gasteiger partial charge on any atom is -0.298 e. The van der Waals surface area contributed by atoms with Gasteiger partial charge in [-0.1, -0.05) is 11.6 Å². The van der Waals surface area contributed by atoms with Gasteiger partial charge in [-0.3, -0.25) is 4.79 Å². The van der Waals surface area contributed by atoms with Crippen molar-refractivity contribution in [1.82, 2.24) is 0 Å². The van der Waals surface area contributed by atoms with Crippen molar-refractivity contribution < 1.29 is 4.79 Å². The first-order chi connectivity index (χ1) is 4.76. The molecule has 0 saturated heterocycles. The number of allylic oxidation sites excluding steroid dienone is 2. The van der Waals surface area contributed by atoms with Crippen molar-refractivity contribution in [2.24, 2.45) is 5.41 Å². The van der Waals surface area contributed by atoms with Crippen LogP contribution in [0.1, 0.15) is 25.7 Å². The van der Waals surface area contributed by atoms with E-state index in [4.69, 9.17) is 11.6 Å². The van der Waals surface area contributed by atoms with Gasteiger partial charge < -0.3 is 0 Å². The molecule has 2 aliphatic rings. The summed E-state index contributed by atoms with van der Waals surface area (Å²) >= 11 is 5.85. The third kappa shape index (κ3) is 0.807. The Morgan fingerprint density at radius 3 is 2.40 bits per heavy atom. The second kappa shape index (κ2) is 1.85. The fraction of sp³-hybridized carbons (Fsp3) is 0.625. The van der Waals surface area contributed by atoms with E-state index in [0.29, 0.717) is 5.41 Å². The average Bonchev–Trinajstić information content (AvgIpc) is 2.55. The van der Waals surface area contributed by atoms with Crippen LogP contribution >= 0.6 is 11.6 Å². The first-order valence-electron chi connectivity index (χ1n) is 3.58. The summed E-state index contributed by atoms with van der Waals surface area (Å²) in [7, 11) is 0. The summed E-state index contributed by atoms with van der Waals surface area (Å²) < 4.78 is 0. The Morgan fingerprint density at radius 2 is 2.10 bits per heavy atom. The van der Waals surface area contributed by atoms with Crippen molar-refractivity contribution >= 4 is 17.9 Å². The van der Waals surface area contributed by atoms with Gasteiger partial charge in [0, 0.05) is 10.6 Å². The standard InChI is InChI=1S/C8H9ClO/c9-7-4-8(1-2-8)3-6(7)5-10/h5H,1-4H2. The fourth-order valence-corrected chi connectivity index (χ4v) is 2.04. The molecule has 1 nitrogen and oxygen atoms in total. The summed E-state index contributed by atoms with van der Waals surface area (Å²) in [6.45, 7) is 0. The first-order valence-corrected chi connectivity index (χ1v) is 3.96. The summed E-state index contributed by atoms with van der Waals surface area (Å²) in [6.07, 6.45) is 5.34. The number of aldehydes is 1. The van der Waals surface area contributed by atoms with Gasteiger partial charge in [-0.2, -0.15) is 0 Å². The maximum Gasteiger partial charge on any atom is 0.147 e. The molecule has 0 unspecified atom stereocenters. The SMILES string of the molecule is O=CC1=C(Cl)CC2(CC2)C1. The van der Waals surface area contributed by atoms with E-state index in [9.17, 15) is 4.79 Å². The normalized spacial score (nSPS) is 27.7. The minimum atomic E-state index is 0.452. The van der Waals surface area contributed by atoms with Crippen LogP contribution in [0.25, 0.3) is 0 Å². The molecule has 0 N–H and O–H groups in total. The molecule has 10 heavy (non-hydrogen) atoms. The topological polar surface area (TPSA) is 17.1 Å². The Labute approximate surface area is 65.1 Å². The van der Waals surface area contributed by atoms with E-state index in [0.717, 1.165) is 29.7 Å². The van der Waals surface area contributed by atoms with E-state index >= 15 is 0 Å². The fourth-order valence-electron chi connectivity index (χ4n) is 1.64. The Bertz CT molecular complexity index is 213. The van der Waals surface area contributed by atoms with Crippen LogP contribution in [0, 0.1) is 5.41 Å². The predicted molar refractivity (Wildman–Crippen MR) is 39.8 cm³/mol. The van der Waals surface area contributed by atoms with Crippen LogP contribution in [0.15, 0.2) is 10.6 Å². The molecule has 0 bridgehead atoms. The Morgan fingerprint density at radius 1 is 1.40 bits per heavy atom. The molecule has 0 aromatic carbocycles. The molecule has 54 valence electrons. The first kappa shape index (κ1) is 6.41. The molecule has 0 aromatic heterocycles. The molecule has 1 fully saturated rings. The van der Waals surface area contributed by atoms with Crippen molar-refractivity contribution in [1.29, 1.82) is 0 Å². The summed E-state index contributed by atoms with van der Waals surface area (Å²) in [6, 6.07) is 0. The zero-order valence-corrected chi connectivity index (χ0v) is 6.45. The molecule has 2 aliphatic carbocycles. The van der Waals surface area contributed by atoms with Crippen molar-refractivity contribution in [2.45, 2.75) is 25.7 Å². The maximum atomic E-state index is 10.4. The monoisotopic (exact) mass is 156 g/mol. The van der Waals surface area contributed by atoms with Crippen LogP contribution in [0.2, 0.25) is 0 Å². The third-order valence-electron chi connectivity index (χ3n) is 2.54. The maximum absolute atomic E-state index is 10.4. The summed E-state index contributed by atoms with van der Waals surface area (Å²) in [5.41, 5.74) is 1.30. The van der Waals surface area contributed by atoms with Gasteiger partial charge in [-0.15, -0.1) is 0 Å². The zero-order chi connectivity index (χ0) is 7.19. The lowest BCUT2D eigenvalue weighted by molar-refractivity contribution is -0.105. The van der Waals surface area contributed by atoms with E-state index in [1.54, 1.807) is 0 Å². The largest absolute Gasteiger partial charge is 0.298 e. The third-order valence-corrected chi connectivity index (χ3v) is 2.92. The Kier molecular flexibility index (Phi) is 1.19. The second-order valence-corrected chi connectivity index (χ2v) is 3.86. The molecule has 2 rings (SSSR count). The van der Waals surface area contributed by atoms with Crippen LogP contribution < -0.4 is 0 Å². The van der Waals surface area contributed by atoms with Crippen LogP contribution in [-0.4, -0.2) is 6.29 Å². The number of carbonyl (C=O) groups excluding carboxylic acids is 1. The van der Waals surface area contributed by atoms with Gasteiger partial charge in [0.15, 0.2) is 0 Å².